The number of aromatic nitrogens is 2. The summed E-state index contributed by atoms with van der Waals surface area (Å²) in [5.41, 5.74) is 1.25. The molecule has 0 radical (unpaired) electrons. The Morgan fingerprint density at radius 2 is 2.26 bits per heavy atom. The zero-order valence-corrected chi connectivity index (χ0v) is 15.7. The van der Waals surface area contributed by atoms with Gasteiger partial charge in [-0.05, 0) is 18.4 Å². The Labute approximate surface area is 160 Å². The minimum atomic E-state index is -0.594. The van der Waals surface area contributed by atoms with Gasteiger partial charge in [-0.15, -0.1) is 11.3 Å². The van der Waals surface area contributed by atoms with Crippen LogP contribution in [0.1, 0.15) is 33.9 Å². The van der Waals surface area contributed by atoms with Crippen molar-refractivity contribution >= 4 is 28.9 Å². The Balaban J connectivity index is 1.32. The Morgan fingerprint density at radius 1 is 1.37 bits per heavy atom. The highest BCUT2D eigenvalue weighted by molar-refractivity contribution is 7.12. The van der Waals surface area contributed by atoms with Gasteiger partial charge in [-0.25, -0.2) is 0 Å². The maximum atomic E-state index is 12.5. The molecule has 4 rings (SSSR count). The number of rotatable bonds is 4. The van der Waals surface area contributed by atoms with Crippen LogP contribution in [0.3, 0.4) is 0 Å². The Morgan fingerprint density at radius 3 is 3.00 bits per heavy atom. The van der Waals surface area contributed by atoms with Crippen LogP contribution in [0.4, 0.5) is 0 Å². The zero-order valence-electron chi connectivity index (χ0n) is 14.8. The summed E-state index contributed by atoms with van der Waals surface area (Å²) in [6, 6.07) is 3.68. The van der Waals surface area contributed by atoms with Crippen LogP contribution in [0.25, 0.3) is 0 Å². The third-order valence-corrected chi connectivity index (χ3v) is 5.56. The largest absolute Gasteiger partial charge is 0.386 e. The van der Waals surface area contributed by atoms with Crippen molar-refractivity contribution < 1.29 is 14.4 Å². The number of likely N-dealkylation sites (tertiary alicyclic amines) is 1. The first kappa shape index (κ1) is 17.6. The highest BCUT2D eigenvalue weighted by atomic mass is 32.1. The van der Waals surface area contributed by atoms with Crippen molar-refractivity contribution in [3.8, 4) is 0 Å². The number of hydrogen-bond acceptors (Lipinski definition) is 7. The minimum absolute atomic E-state index is 0.00122. The Bertz CT molecular complexity index is 881. The molecule has 1 fully saturated rings. The number of carbonyl (C=O) groups is 2. The van der Waals surface area contributed by atoms with E-state index >= 15 is 0 Å². The first-order chi connectivity index (χ1) is 13.0. The van der Waals surface area contributed by atoms with E-state index in [-0.39, 0.29) is 18.4 Å². The van der Waals surface area contributed by atoms with Gasteiger partial charge in [0.1, 0.15) is 5.71 Å². The molecule has 2 aliphatic rings. The lowest BCUT2D eigenvalue weighted by atomic mass is 9.96. The predicted octanol–water partition coefficient (Wildman–Crippen LogP) is 1.52. The van der Waals surface area contributed by atoms with E-state index in [0.717, 1.165) is 5.69 Å². The van der Waals surface area contributed by atoms with Crippen LogP contribution < -0.4 is 5.32 Å². The van der Waals surface area contributed by atoms with E-state index in [0.29, 0.717) is 42.2 Å². The topological polar surface area (TPSA) is 96.8 Å². The fraction of sp³-hybridized carbons (Fsp3) is 0.389. The molecule has 27 heavy (non-hydrogen) atoms. The van der Waals surface area contributed by atoms with Gasteiger partial charge in [0.2, 0.25) is 0 Å². The fourth-order valence-electron chi connectivity index (χ4n) is 3.22. The summed E-state index contributed by atoms with van der Waals surface area (Å²) in [7, 11) is 0. The molecule has 2 aliphatic heterocycles. The van der Waals surface area contributed by atoms with Gasteiger partial charge in [0.25, 0.3) is 11.8 Å². The van der Waals surface area contributed by atoms with Crippen molar-refractivity contribution in [1.82, 2.24) is 20.2 Å². The second-order valence-electron chi connectivity index (χ2n) is 6.77. The van der Waals surface area contributed by atoms with Gasteiger partial charge >= 0.3 is 0 Å². The van der Waals surface area contributed by atoms with Gasteiger partial charge in [0.15, 0.2) is 5.60 Å². The predicted molar refractivity (Wildman–Crippen MR) is 99.3 cm³/mol. The van der Waals surface area contributed by atoms with Crippen molar-refractivity contribution in [3.05, 3.63) is 46.2 Å². The summed E-state index contributed by atoms with van der Waals surface area (Å²) in [6.45, 7) is 3.17. The lowest BCUT2D eigenvalue weighted by molar-refractivity contribution is -0.115. The summed E-state index contributed by atoms with van der Waals surface area (Å²) in [6.07, 6.45) is 4.35. The smallest absolute Gasteiger partial charge is 0.269 e. The average Bonchev–Trinajstić information content (AvgIpc) is 3.43. The number of nitrogens with zero attached hydrogens (tertiary/aromatic N) is 4. The van der Waals surface area contributed by atoms with Crippen molar-refractivity contribution in [3.63, 3.8) is 0 Å². The number of hydrogen-bond donors (Lipinski definition) is 1. The Hall–Kier alpha value is -2.81. The highest BCUT2D eigenvalue weighted by Crippen LogP contribution is 2.34. The van der Waals surface area contributed by atoms with E-state index in [1.165, 1.54) is 11.3 Å². The van der Waals surface area contributed by atoms with E-state index in [4.69, 9.17) is 4.84 Å². The fourth-order valence-corrected chi connectivity index (χ4v) is 3.91. The van der Waals surface area contributed by atoms with Crippen molar-refractivity contribution in [1.29, 1.82) is 0 Å². The second kappa shape index (κ2) is 7.07. The number of nitrogens with one attached hydrogen (secondary N) is 1. The van der Waals surface area contributed by atoms with Gasteiger partial charge in [0.05, 0.1) is 35.6 Å². The molecule has 9 heteroatoms. The lowest BCUT2D eigenvalue weighted by Gasteiger charge is -2.21. The molecule has 2 aromatic rings. The normalized spacial score (nSPS) is 21.2. The average molecular weight is 385 g/mol. The molecule has 1 unspecified atom stereocenters. The molecular formula is C18H19N5O3S. The number of thiophene rings is 1. The first-order valence-electron chi connectivity index (χ1n) is 8.68. The molecule has 8 nitrogen and oxygen atoms in total. The maximum Gasteiger partial charge on any atom is 0.269 e. The van der Waals surface area contributed by atoms with E-state index in [1.54, 1.807) is 17.3 Å². The van der Waals surface area contributed by atoms with E-state index < -0.39 is 5.60 Å². The molecule has 0 aliphatic carbocycles. The van der Waals surface area contributed by atoms with Gasteiger partial charge in [-0.1, -0.05) is 11.2 Å². The van der Waals surface area contributed by atoms with Crippen LogP contribution in [-0.2, 0) is 16.2 Å². The molecule has 0 saturated carbocycles. The lowest BCUT2D eigenvalue weighted by Crippen LogP contribution is -2.38. The molecule has 2 aromatic heterocycles. The SMILES string of the molecule is Cc1cnc(CNC(=O)C2=NOC3(CCN(C(=O)c4cccs4)C3)C2)cn1. The number of oxime groups is 1. The molecule has 0 bridgehead atoms. The van der Waals surface area contributed by atoms with E-state index in [9.17, 15) is 9.59 Å². The van der Waals surface area contributed by atoms with Gasteiger partial charge in [0, 0.05) is 25.6 Å². The summed E-state index contributed by atoms with van der Waals surface area (Å²) in [5.74, 6) is -0.279. The van der Waals surface area contributed by atoms with Crippen molar-refractivity contribution in [2.45, 2.75) is 31.9 Å². The first-order valence-corrected chi connectivity index (χ1v) is 9.56. The zero-order chi connectivity index (χ0) is 18.9. The molecule has 1 spiro atoms. The molecule has 1 atom stereocenters. The van der Waals surface area contributed by atoms with Gasteiger partial charge in [-0.2, -0.15) is 0 Å². The maximum absolute atomic E-state index is 12.5. The Kier molecular flexibility index (Phi) is 4.61. The van der Waals surface area contributed by atoms with Crippen LogP contribution in [0.15, 0.2) is 35.1 Å². The molecule has 2 amide bonds. The van der Waals surface area contributed by atoms with E-state index in [2.05, 4.69) is 20.4 Å². The number of carbonyl (C=O) groups excluding carboxylic acids is 2. The molecule has 4 heterocycles. The standard InChI is InChI=1S/C18H19N5O3S/c1-12-8-20-13(9-19-12)10-21-16(24)14-7-18(26-22-14)4-5-23(11-18)17(25)15-3-2-6-27-15/h2-3,6,8-9H,4-5,7,10-11H2,1H3,(H,21,24). The second-order valence-corrected chi connectivity index (χ2v) is 7.72. The summed E-state index contributed by atoms with van der Waals surface area (Å²) < 4.78 is 0. The molecule has 140 valence electrons. The minimum Gasteiger partial charge on any atom is -0.386 e. The van der Waals surface area contributed by atoms with Crippen LogP contribution >= 0.6 is 11.3 Å². The molecular weight excluding hydrogens is 366 g/mol. The molecule has 0 aromatic carbocycles. The third-order valence-electron chi connectivity index (χ3n) is 4.70. The summed E-state index contributed by atoms with van der Waals surface area (Å²) >= 11 is 1.42. The number of aryl methyl sites for hydroxylation is 1. The van der Waals surface area contributed by atoms with Gasteiger partial charge in [-0.3, -0.25) is 19.6 Å². The van der Waals surface area contributed by atoms with Crippen LogP contribution in [0.2, 0.25) is 0 Å². The van der Waals surface area contributed by atoms with Crippen molar-refractivity contribution in [2.75, 3.05) is 13.1 Å². The van der Waals surface area contributed by atoms with Crippen LogP contribution in [-0.4, -0.2) is 51.1 Å². The number of amides is 2. The van der Waals surface area contributed by atoms with Gasteiger partial charge < -0.3 is 15.1 Å². The summed E-state index contributed by atoms with van der Waals surface area (Å²) in [4.78, 5) is 41.3. The monoisotopic (exact) mass is 385 g/mol. The van der Waals surface area contributed by atoms with Crippen molar-refractivity contribution in [2.24, 2.45) is 5.16 Å². The highest BCUT2D eigenvalue weighted by Gasteiger charge is 2.48. The van der Waals surface area contributed by atoms with Crippen LogP contribution in [0, 0.1) is 6.92 Å². The molecule has 1 N–H and O–H groups in total. The molecule has 1 saturated heterocycles. The third kappa shape index (κ3) is 3.68. The summed E-state index contributed by atoms with van der Waals surface area (Å²) in [5, 5.41) is 8.66. The van der Waals surface area contributed by atoms with E-state index in [1.807, 2.05) is 24.4 Å². The van der Waals surface area contributed by atoms with Crippen LogP contribution in [0.5, 0.6) is 0 Å². The quantitative estimate of drug-likeness (QED) is 0.861.